The molecule has 0 aromatic heterocycles. The molecule has 0 rings (SSSR count). The molecule has 0 aliphatic carbocycles. The predicted molar refractivity (Wildman–Crippen MR) is 321 cm³/mol. The fraction of sp³-hybridized carbons (Fsp3) is 0.750. The lowest BCUT2D eigenvalue weighted by atomic mass is 10.0. The highest BCUT2D eigenvalue weighted by Gasteiger charge is 2.19. The Morgan fingerprint density at radius 2 is 0.527 bits per heavy atom. The van der Waals surface area contributed by atoms with E-state index in [9.17, 15) is 14.4 Å². The monoisotopic (exact) mass is 1030 g/mol. The van der Waals surface area contributed by atoms with E-state index < -0.39 is 6.10 Å². The van der Waals surface area contributed by atoms with Crippen molar-refractivity contribution in [3.05, 3.63) is 85.1 Å². The standard InChI is InChI=1S/C68H118O6/c1-4-7-10-13-16-19-21-23-25-26-27-28-29-30-31-32-33-34-35-36-37-38-39-40-41-42-43-45-46-49-52-55-58-61-67(70)73-64-65(63-72-66(69)60-57-54-51-48-18-15-12-9-6-3)74-68(71)62-59-56-53-50-47-44-24-22-20-17-14-11-8-5-2/h7,10,16,19,23,25,27-28,30-31,33-34,36-37,65H,4-6,8-9,11-15,17-18,20-22,24,26,29,32,35,38-64H2,1-3H3/b10-7-,19-16-,25-23-,28-27-,31-30-,34-33-,37-36-. The van der Waals surface area contributed by atoms with E-state index in [4.69, 9.17) is 14.2 Å². The molecule has 0 fully saturated rings. The van der Waals surface area contributed by atoms with Crippen molar-refractivity contribution < 1.29 is 28.6 Å². The molecule has 0 spiro atoms. The summed E-state index contributed by atoms with van der Waals surface area (Å²) in [6.45, 7) is 6.53. The lowest BCUT2D eigenvalue weighted by Crippen LogP contribution is -2.30. The van der Waals surface area contributed by atoms with Gasteiger partial charge in [0.1, 0.15) is 13.2 Å². The van der Waals surface area contributed by atoms with Gasteiger partial charge >= 0.3 is 17.9 Å². The molecule has 0 heterocycles. The highest BCUT2D eigenvalue weighted by molar-refractivity contribution is 5.71. The van der Waals surface area contributed by atoms with Crippen LogP contribution in [0.5, 0.6) is 0 Å². The van der Waals surface area contributed by atoms with Crippen molar-refractivity contribution in [2.45, 2.75) is 316 Å². The van der Waals surface area contributed by atoms with Gasteiger partial charge in [-0.1, -0.05) is 298 Å². The molecule has 0 aliphatic rings. The Balaban J connectivity index is 4.11. The summed E-state index contributed by atoms with van der Waals surface area (Å²) in [7, 11) is 0. The highest BCUT2D eigenvalue weighted by atomic mass is 16.6. The Morgan fingerprint density at radius 1 is 0.284 bits per heavy atom. The molecule has 74 heavy (non-hydrogen) atoms. The molecule has 0 saturated heterocycles. The zero-order valence-corrected chi connectivity index (χ0v) is 48.8. The van der Waals surface area contributed by atoms with Gasteiger partial charge in [0.25, 0.3) is 0 Å². The first kappa shape index (κ1) is 70.6. The average molecular weight is 1030 g/mol. The smallest absolute Gasteiger partial charge is 0.306 e. The lowest BCUT2D eigenvalue weighted by Gasteiger charge is -2.18. The van der Waals surface area contributed by atoms with Gasteiger partial charge < -0.3 is 14.2 Å². The predicted octanol–water partition coefficient (Wildman–Crippen LogP) is 21.5. The fourth-order valence-corrected chi connectivity index (χ4v) is 8.95. The molecular formula is C68H118O6. The SMILES string of the molecule is CC/C=C\C/C=C\C/C=C\C/C=C\C/C=C\C/C=C\C/C=C\CCCCCCCCCCCCCC(=O)OCC(COC(=O)CCCCCCCCCCC)OC(=O)CCCCCCCCCCCCCCCC. The minimum absolute atomic E-state index is 0.0717. The van der Waals surface area contributed by atoms with Crippen LogP contribution >= 0.6 is 0 Å². The fourth-order valence-electron chi connectivity index (χ4n) is 8.95. The lowest BCUT2D eigenvalue weighted by molar-refractivity contribution is -0.167. The molecule has 1 unspecified atom stereocenters. The van der Waals surface area contributed by atoms with Gasteiger partial charge in [-0.15, -0.1) is 0 Å². The number of allylic oxidation sites excluding steroid dienone is 14. The van der Waals surface area contributed by atoms with Crippen LogP contribution in [0.2, 0.25) is 0 Å². The van der Waals surface area contributed by atoms with Crippen LogP contribution in [0.25, 0.3) is 0 Å². The maximum absolute atomic E-state index is 12.8. The second kappa shape index (κ2) is 62.1. The van der Waals surface area contributed by atoms with Crippen molar-refractivity contribution in [2.75, 3.05) is 13.2 Å². The van der Waals surface area contributed by atoms with Gasteiger partial charge in [0.2, 0.25) is 0 Å². The van der Waals surface area contributed by atoms with Crippen molar-refractivity contribution in [3.8, 4) is 0 Å². The molecule has 1 atom stereocenters. The van der Waals surface area contributed by atoms with E-state index in [-0.39, 0.29) is 31.1 Å². The van der Waals surface area contributed by atoms with Crippen molar-refractivity contribution in [3.63, 3.8) is 0 Å². The molecule has 0 aliphatic heterocycles. The van der Waals surface area contributed by atoms with Gasteiger partial charge in [0.15, 0.2) is 6.10 Å². The third-order valence-corrected chi connectivity index (χ3v) is 13.7. The Labute approximate surface area is 458 Å². The van der Waals surface area contributed by atoms with E-state index >= 15 is 0 Å². The van der Waals surface area contributed by atoms with Crippen LogP contribution in [0.15, 0.2) is 85.1 Å². The Kier molecular flexibility index (Phi) is 59.3. The molecule has 0 bridgehead atoms. The highest BCUT2D eigenvalue weighted by Crippen LogP contribution is 2.17. The molecule has 6 nitrogen and oxygen atoms in total. The number of hydrogen-bond acceptors (Lipinski definition) is 6. The molecular weight excluding hydrogens is 913 g/mol. The van der Waals surface area contributed by atoms with Crippen molar-refractivity contribution in [1.82, 2.24) is 0 Å². The van der Waals surface area contributed by atoms with Crippen LogP contribution in [-0.4, -0.2) is 37.2 Å². The van der Waals surface area contributed by atoms with Crippen LogP contribution in [0, 0.1) is 0 Å². The first-order valence-corrected chi connectivity index (χ1v) is 31.6. The number of carbonyl (C=O) groups is 3. The molecule has 0 N–H and O–H groups in total. The number of hydrogen-bond donors (Lipinski definition) is 0. The van der Waals surface area contributed by atoms with Gasteiger partial charge in [-0.05, 0) is 77.0 Å². The molecule has 0 amide bonds. The van der Waals surface area contributed by atoms with Gasteiger partial charge in [-0.2, -0.15) is 0 Å². The third-order valence-electron chi connectivity index (χ3n) is 13.7. The van der Waals surface area contributed by atoms with E-state index in [1.807, 2.05) is 0 Å². The third kappa shape index (κ3) is 59.5. The van der Waals surface area contributed by atoms with E-state index in [0.29, 0.717) is 19.3 Å². The van der Waals surface area contributed by atoms with Gasteiger partial charge in [0, 0.05) is 19.3 Å². The minimum atomic E-state index is -0.772. The molecule has 6 heteroatoms. The number of carbonyl (C=O) groups excluding carboxylic acids is 3. The van der Waals surface area contributed by atoms with Crippen molar-refractivity contribution in [2.24, 2.45) is 0 Å². The second-order valence-electron chi connectivity index (χ2n) is 21.0. The maximum Gasteiger partial charge on any atom is 0.306 e. The van der Waals surface area contributed by atoms with Gasteiger partial charge in [-0.25, -0.2) is 0 Å². The minimum Gasteiger partial charge on any atom is -0.462 e. The summed E-state index contributed by atoms with van der Waals surface area (Å²) in [5, 5.41) is 0. The first-order chi connectivity index (χ1) is 36.5. The average Bonchev–Trinajstić information content (AvgIpc) is 3.40. The largest absolute Gasteiger partial charge is 0.462 e. The summed E-state index contributed by atoms with van der Waals surface area (Å²) in [5.74, 6) is -0.865. The zero-order valence-electron chi connectivity index (χ0n) is 48.8. The molecule has 0 radical (unpaired) electrons. The quantitative estimate of drug-likeness (QED) is 0.0261. The van der Waals surface area contributed by atoms with Crippen molar-refractivity contribution >= 4 is 17.9 Å². The van der Waals surface area contributed by atoms with E-state index in [1.165, 1.54) is 167 Å². The number of ether oxygens (including phenoxy) is 3. The Bertz CT molecular complexity index is 1420. The van der Waals surface area contributed by atoms with Crippen LogP contribution in [0.4, 0.5) is 0 Å². The van der Waals surface area contributed by atoms with E-state index in [0.717, 1.165) is 103 Å². The molecule has 0 aromatic carbocycles. The van der Waals surface area contributed by atoms with E-state index in [1.54, 1.807) is 0 Å². The topological polar surface area (TPSA) is 78.9 Å². The number of unbranched alkanes of at least 4 members (excludes halogenated alkanes) is 32. The summed E-state index contributed by atoms with van der Waals surface area (Å²) in [4.78, 5) is 38.1. The maximum atomic E-state index is 12.8. The molecule has 0 aromatic rings. The van der Waals surface area contributed by atoms with Gasteiger partial charge in [-0.3, -0.25) is 14.4 Å². The molecule has 426 valence electrons. The summed E-state index contributed by atoms with van der Waals surface area (Å²) in [6.07, 6.45) is 81.7. The van der Waals surface area contributed by atoms with E-state index in [2.05, 4.69) is 106 Å². The van der Waals surface area contributed by atoms with Crippen LogP contribution in [0.3, 0.4) is 0 Å². The zero-order chi connectivity index (χ0) is 53.6. The normalized spacial score (nSPS) is 12.6. The Morgan fingerprint density at radius 3 is 0.824 bits per heavy atom. The summed E-state index contributed by atoms with van der Waals surface area (Å²) in [6, 6.07) is 0. The number of rotatable bonds is 57. The van der Waals surface area contributed by atoms with Crippen molar-refractivity contribution in [1.29, 1.82) is 0 Å². The molecule has 0 saturated carbocycles. The summed E-state index contributed by atoms with van der Waals surface area (Å²) >= 11 is 0. The second-order valence-corrected chi connectivity index (χ2v) is 21.0. The number of esters is 3. The summed E-state index contributed by atoms with van der Waals surface area (Å²) in [5.41, 5.74) is 0. The Hall–Kier alpha value is -3.41. The first-order valence-electron chi connectivity index (χ1n) is 31.6. The summed E-state index contributed by atoms with van der Waals surface area (Å²) < 4.78 is 16.9. The van der Waals surface area contributed by atoms with Crippen LogP contribution < -0.4 is 0 Å². The van der Waals surface area contributed by atoms with Crippen LogP contribution in [0.1, 0.15) is 310 Å². The van der Waals surface area contributed by atoms with Gasteiger partial charge in [0.05, 0.1) is 0 Å². The van der Waals surface area contributed by atoms with Crippen LogP contribution in [-0.2, 0) is 28.6 Å².